The highest BCUT2D eigenvalue weighted by Gasteiger charge is 2.19. The van der Waals surface area contributed by atoms with E-state index in [2.05, 4.69) is 175 Å². The van der Waals surface area contributed by atoms with Crippen molar-refractivity contribution in [2.45, 2.75) is 0 Å². The number of furan rings is 1. The fraction of sp³-hybridized carbons (Fsp3) is 0. The van der Waals surface area contributed by atoms with Crippen LogP contribution in [0.3, 0.4) is 0 Å². The third-order valence-electron chi connectivity index (χ3n) is 8.47. The zero-order valence-corrected chi connectivity index (χ0v) is 25.3. The van der Waals surface area contributed by atoms with Crippen LogP contribution in [0.4, 0.5) is 17.1 Å². The van der Waals surface area contributed by atoms with Gasteiger partial charge < -0.3 is 9.32 Å². The largest absolute Gasteiger partial charge is 0.456 e. The number of rotatable bonds is 7. The molecule has 8 aromatic rings. The molecule has 1 aromatic heterocycles. The zero-order valence-electron chi connectivity index (χ0n) is 25.3. The smallest absolute Gasteiger partial charge is 0.135 e. The molecule has 0 aliphatic heterocycles. The summed E-state index contributed by atoms with van der Waals surface area (Å²) in [5.74, 6) is 0.853. The van der Waals surface area contributed by atoms with Gasteiger partial charge in [0.1, 0.15) is 11.3 Å². The number of anilines is 3. The second-order valence-corrected chi connectivity index (χ2v) is 11.4. The molecular weight excluding hydrogens is 558 g/mol. The number of nitrogens with zero attached hydrogens (tertiary/aromatic N) is 1. The number of benzene rings is 7. The molecule has 0 saturated heterocycles. The maximum atomic E-state index is 6.30. The maximum Gasteiger partial charge on any atom is 0.135 e. The van der Waals surface area contributed by atoms with Crippen molar-refractivity contribution in [2.24, 2.45) is 0 Å². The summed E-state index contributed by atoms with van der Waals surface area (Å²) in [6.45, 7) is 0. The normalized spacial score (nSPS) is 11.0. The van der Waals surface area contributed by atoms with Crippen molar-refractivity contribution in [3.05, 3.63) is 188 Å². The van der Waals surface area contributed by atoms with E-state index in [-0.39, 0.29) is 0 Å². The Labute approximate surface area is 269 Å². The van der Waals surface area contributed by atoms with Gasteiger partial charge in [0.25, 0.3) is 0 Å². The molecule has 2 nitrogen and oxygen atoms in total. The Kier molecular flexibility index (Phi) is 7.22. The molecule has 7 aromatic carbocycles. The number of fused-ring (bicyclic) bond motifs is 1. The van der Waals surface area contributed by atoms with Crippen LogP contribution in [0.25, 0.3) is 55.7 Å². The first kappa shape index (κ1) is 27.4. The SMILES string of the molecule is c1ccc(-c2ccc(-c3ccccc3N(c3cccc(-c4ccccc4)c3)c3cccc(-c4cc5ccccc5o4)c3)cc2)cc1. The van der Waals surface area contributed by atoms with Crippen LogP contribution in [0, 0.1) is 0 Å². The van der Waals surface area contributed by atoms with Gasteiger partial charge in [-0.2, -0.15) is 0 Å². The minimum absolute atomic E-state index is 0.853. The summed E-state index contributed by atoms with van der Waals surface area (Å²) in [4.78, 5) is 2.36. The molecular formula is C44H31NO. The molecule has 46 heavy (non-hydrogen) atoms. The van der Waals surface area contributed by atoms with Crippen molar-refractivity contribution in [1.29, 1.82) is 0 Å². The van der Waals surface area contributed by atoms with E-state index >= 15 is 0 Å². The van der Waals surface area contributed by atoms with E-state index in [9.17, 15) is 0 Å². The standard InChI is InChI=1S/C44H31NO/c1-3-13-32(14-4-1)34-25-27-35(28-26-34)41-22-8-9-23-42(41)45(39-20-11-18-36(29-39)33-15-5-2-6-16-33)40-21-12-19-37(30-40)44-31-38-17-7-10-24-43(38)46-44/h1-31H. The highest BCUT2D eigenvalue weighted by molar-refractivity contribution is 5.91. The predicted octanol–water partition coefficient (Wildman–Crippen LogP) is 12.6. The fourth-order valence-electron chi connectivity index (χ4n) is 6.19. The molecule has 0 spiro atoms. The first-order chi connectivity index (χ1) is 22.8. The summed E-state index contributed by atoms with van der Waals surface area (Å²) >= 11 is 0. The monoisotopic (exact) mass is 589 g/mol. The summed E-state index contributed by atoms with van der Waals surface area (Å²) in [7, 11) is 0. The summed E-state index contributed by atoms with van der Waals surface area (Å²) in [5.41, 5.74) is 12.2. The van der Waals surface area contributed by atoms with Gasteiger partial charge in [0, 0.05) is 27.9 Å². The van der Waals surface area contributed by atoms with Gasteiger partial charge in [0.05, 0.1) is 5.69 Å². The molecule has 0 aliphatic rings. The third-order valence-corrected chi connectivity index (χ3v) is 8.47. The minimum Gasteiger partial charge on any atom is -0.456 e. The van der Waals surface area contributed by atoms with Gasteiger partial charge in [-0.3, -0.25) is 0 Å². The predicted molar refractivity (Wildman–Crippen MR) is 193 cm³/mol. The molecule has 0 atom stereocenters. The van der Waals surface area contributed by atoms with E-state index in [4.69, 9.17) is 4.42 Å². The van der Waals surface area contributed by atoms with E-state index < -0.39 is 0 Å². The van der Waals surface area contributed by atoms with E-state index in [1.165, 1.54) is 22.3 Å². The molecule has 0 bridgehead atoms. The Morgan fingerprint density at radius 2 is 0.870 bits per heavy atom. The summed E-state index contributed by atoms with van der Waals surface area (Å²) < 4.78 is 6.30. The number of hydrogen-bond donors (Lipinski definition) is 0. The molecule has 0 N–H and O–H groups in total. The lowest BCUT2D eigenvalue weighted by Crippen LogP contribution is -2.11. The van der Waals surface area contributed by atoms with Crippen LogP contribution in [0.1, 0.15) is 0 Å². The van der Waals surface area contributed by atoms with Gasteiger partial charge in [-0.15, -0.1) is 0 Å². The van der Waals surface area contributed by atoms with Crippen LogP contribution in [0.2, 0.25) is 0 Å². The Balaban J connectivity index is 1.28. The van der Waals surface area contributed by atoms with Crippen molar-refractivity contribution in [1.82, 2.24) is 0 Å². The summed E-state index contributed by atoms with van der Waals surface area (Å²) in [6, 6.07) is 66.3. The molecule has 0 unspecified atom stereocenters. The lowest BCUT2D eigenvalue weighted by Gasteiger charge is -2.28. The molecule has 0 fully saturated rings. The van der Waals surface area contributed by atoms with Crippen LogP contribution in [0.15, 0.2) is 192 Å². The van der Waals surface area contributed by atoms with Crippen molar-refractivity contribution in [2.75, 3.05) is 4.90 Å². The van der Waals surface area contributed by atoms with Crippen LogP contribution >= 0.6 is 0 Å². The first-order valence-electron chi connectivity index (χ1n) is 15.6. The average molecular weight is 590 g/mol. The highest BCUT2D eigenvalue weighted by atomic mass is 16.3. The third kappa shape index (κ3) is 5.38. The highest BCUT2D eigenvalue weighted by Crippen LogP contribution is 2.43. The summed E-state index contributed by atoms with van der Waals surface area (Å²) in [6.07, 6.45) is 0. The van der Waals surface area contributed by atoms with Crippen LogP contribution in [-0.4, -0.2) is 0 Å². The molecule has 8 rings (SSSR count). The Hall–Kier alpha value is -6.12. The average Bonchev–Trinajstić information content (AvgIpc) is 3.58. The van der Waals surface area contributed by atoms with Gasteiger partial charge in [-0.05, 0) is 70.3 Å². The molecule has 0 saturated carbocycles. The second kappa shape index (κ2) is 12.1. The Morgan fingerprint density at radius 3 is 1.59 bits per heavy atom. The van der Waals surface area contributed by atoms with Crippen molar-refractivity contribution >= 4 is 28.0 Å². The van der Waals surface area contributed by atoms with Gasteiger partial charge in [0.15, 0.2) is 0 Å². The maximum absolute atomic E-state index is 6.30. The van der Waals surface area contributed by atoms with Crippen LogP contribution in [-0.2, 0) is 0 Å². The van der Waals surface area contributed by atoms with Crippen molar-refractivity contribution in [3.8, 4) is 44.7 Å². The van der Waals surface area contributed by atoms with E-state index in [0.717, 1.165) is 50.5 Å². The molecule has 218 valence electrons. The molecule has 0 aliphatic carbocycles. The van der Waals surface area contributed by atoms with Crippen molar-refractivity contribution in [3.63, 3.8) is 0 Å². The summed E-state index contributed by atoms with van der Waals surface area (Å²) in [5, 5.41) is 1.10. The Bertz CT molecular complexity index is 2220. The van der Waals surface area contributed by atoms with E-state index in [1.807, 2.05) is 18.2 Å². The minimum atomic E-state index is 0.853. The lowest BCUT2D eigenvalue weighted by molar-refractivity contribution is 0.631. The molecule has 1 heterocycles. The lowest BCUT2D eigenvalue weighted by atomic mass is 9.98. The fourth-order valence-corrected chi connectivity index (χ4v) is 6.19. The number of hydrogen-bond acceptors (Lipinski definition) is 2. The van der Waals surface area contributed by atoms with Crippen LogP contribution < -0.4 is 4.90 Å². The number of para-hydroxylation sites is 2. The van der Waals surface area contributed by atoms with Gasteiger partial charge in [0.2, 0.25) is 0 Å². The second-order valence-electron chi connectivity index (χ2n) is 11.4. The topological polar surface area (TPSA) is 16.4 Å². The van der Waals surface area contributed by atoms with Gasteiger partial charge in [-0.25, -0.2) is 0 Å². The van der Waals surface area contributed by atoms with Crippen molar-refractivity contribution < 1.29 is 4.42 Å². The van der Waals surface area contributed by atoms with E-state index in [0.29, 0.717) is 0 Å². The quantitative estimate of drug-likeness (QED) is 0.184. The Morgan fingerprint density at radius 1 is 0.348 bits per heavy atom. The van der Waals surface area contributed by atoms with Gasteiger partial charge >= 0.3 is 0 Å². The molecule has 2 heteroatoms. The van der Waals surface area contributed by atoms with E-state index in [1.54, 1.807) is 0 Å². The molecule has 0 radical (unpaired) electrons. The first-order valence-corrected chi connectivity index (χ1v) is 15.6. The van der Waals surface area contributed by atoms with Crippen LogP contribution in [0.5, 0.6) is 0 Å². The van der Waals surface area contributed by atoms with Gasteiger partial charge in [-0.1, -0.05) is 146 Å². The molecule has 0 amide bonds. The zero-order chi connectivity index (χ0) is 30.7.